The first kappa shape index (κ1) is 27.9. The molecule has 2 aromatic carbocycles. The van der Waals surface area contributed by atoms with Gasteiger partial charge in [0, 0.05) is 30.6 Å². The standard InChI is InChI=1S/C30H37N3O4/c1-21(2)27(30(3,4)32-28(35)25-12-10-23(19-31)11-13-25)29(36)33-16-14-22(15-17-33)18-26(34)37-20-24-8-6-5-7-9-24/h5-13,21-22,27H,14-18,20H2,1-4H3,(H,32,35). The smallest absolute Gasteiger partial charge is 0.306 e. The lowest BCUT2D eigenvalue weighted by Gasteiger charge is -2.41. The molecule has 1 aliphatic rings. The summed E-state index contributed by atoms with van der Waals surface area (Å²) in [5.41, 5.74) is 1.11. The molecule has 0 spiro atoms. The van der Waals surface area contributed by atoms with Gasteiger partial charge in [-0.05, 0) is 68.4 Å². The van der Waals surface area contributed by atoms with Crippen LogP contribution in [0.1, 0.15) is 68.4 Å². The van der Waals surface area contributed by atoms with Crippen LogP contribution < -0.4 is 5.32 Å². The lowest BCUT2D eigenvalue weighted by Crippen LogP contribution is -2.57. The molecule has 1 aliphatic heterocycles. The van der Waals surface area contributed by atoms with Crippen molar-refractivity contribution >= 4 is 17.8 Å². The number of nitrogens with one attached hydrogen (secondary N) is 1. The van der Waals surface area contributed by atoms with E-state index in [1.54, 1.807) is 24.3 Å². The first-order chi connectivity index (χ1) is 17.6. The lowest BCUT2D eigenvalue weighted by atomic mass is 9.77. The van der Waals surface area contributed by atoms with Gasteiger partial charge in [-0.3, -0.25) is 14.4 Å². The van der Waals surface area contributed by atoms with Crippen LogP contribution >= 0.6 is 0 Å². The fourth-order valence-electron chi connectivity index (χ4n) is 5.15. The van der Waals surface area contributed by atoms with E-state index in [4.69, 9.17) is 10.00 Å². The van der Waals surface area contributed by atoms with E-state index in [0.29, 0.717) is 30.6 Å². The molecular formula is C30H37N3O4. The molecule has 7 nitrogen and oxygen atoms in total. The molecule has 0 saturated carbocycles. The van der Waals surface area contributed by atoms with Crippen LogP contribution in [-0.4, -0.2) is 41.3 Å². The Labute approximate surface area is 219 Å². The minimum absolute atomic E-state index is 0.00875. The van der Waals surface area contributed by atoms with Crippen molar-refractivity contribution in [2.45, 2.75) is 59.1 Å². The SMILES string of the molecule is CC(C)C(C(=O)N1CCC(CC(=O)OCc2ccccc2)CC1)C(C)(C)NC(=O)c1ccc(C#N)cc1. The van der Waals surface area contributed by atoms with Gasteiger partial charge in [0.05, 0.1) is 17.6 Å². The Morgan fingerprint density at radius 2 is 1.68 bits per heavy atom. The van der Waals surface area contributed by atoms with E-state index in [1.807, 2.05) is 69.0 Å². The summed E-state index contributed by atoms with van der Waals surface area (Å²) in [6.45, 7) is 9.19. The van der Waals surface area contributed by atoms with Crippen molar-refractivity contribution in [3.05, 3.63) is 71.3 Å². The zero-order valence-electron chi connectivity index (χ0n) is 22.2. The highest BCUT2D eigenvalue weighted by molar-refractivity contribution is 5.95. The number of carbonyl (C=O) groups excluding carboxylic acids is 3. The molecule has 0 aliphatic carbocycles. The van der Waals surface area contributed by atoms with E-state index in [0.717, 1.165) is 18.4 Å². The van der Waals surface area contributed by atoms with Crippen LogP contribution in [0.5, 0.6) is 0 Å². The minimum Gasteiger partial charge on any atom is -0.461 e. The number of benzene rings is 2. The number of esters is 1. The number of carbonyl (C=O) groups is 3. The summed E-state index contributed by atoms with van der Waals surface area (Å²) in [6.07, 6.45) is 1.85. The number of piperidine rings is 1. The molecule has 1 heterocycles. The maximum absolute atomic E-state index is 13.6. The van der Waals surface area contributed by atoms with E-state index >= 15 is 0 Å². The van der Waals surface area contributed by atoms with Crippen LogP contribution in [-0.2, 0) is 20.9 Å². The largest absolute Gasteiger partial charge is 0.461 e. The topological polar surface area (TPSA) is 99.5 Å². The first-order valence-corrected chi connectivity index (χ1v) is 12.9. The van der Waals surface area contributed by atoms with Gasteiger partial charge in [-0.25, -0.2) is 0 Å². The highest BCUT2D eigenvalue weighted by Gasteiger charge is 2.41. The van der Waals surface area contributed by atoms with Crippen molar-refractivity contribution in [1.82, 2.24) is 10.2 Å². The van der Waals surface area contributed by atoms with Crippen molar-refractivity contribution < 1.29 is 19.1 Å². The average Bonchev–Trinajstić information content (AvgIpc) is 2.88. The summed E-state index contributed by atoms with van der Waals surface area (Å²) in [6, 6.07) is 18.1. The Kier molecular flexibility index (Phi) is 9.46. The number of rotatable bonds is 9. The quantitative estimate of drug-likeness (QED) is 0.500. The van der Waals surface area contributed by atoms with Gasteiger partial charge in [-0.1, -0.05) is 44.2 Å². The van der Waals surface area contributed by atoms with Gasteiger partial charge < -0.3 is 15.0 Å². The van der Waals surface area contributed by atoms with Crippen LogP contribution in [0.25, 0.3) is 0 Å². The van der Waals surface area contributed by atoms with Gasteiger partial charge >= 0.3 is 5.97 Å². The Morgan fingerprint density at radius 3 is 2.24 bits per heavy atom. The molecule has 0 radical (unpaired) electrons. The zero-order chi connectivity index (χ0) is 27.0. The average molecular weight is 504 g/mol. The van der Waals surface area contributed by atoms with Crippen LogP contribution in [0.2, 0.25) is 0 Å². The fraction of sp³-hybridized carbons (Fsp3) is 0.467. The van der Waals surface area contributed by atoms with E-state index < -0.39 is 11.5 Å². The Bertz CT molecular complexity index is 1110. The van der Waals surface area contributed by atoms with Gasteiger partial charge in [0.25, 0.3) is 5.91 Å². The molecule has 7 heteroatoms. The summed E-state index contributed by atoms with van der Waals surface area (Å²) in [7, 11) is 0. The van der Waals surface area contributed by atoms with Crippen LogP contribution in [0.3, 0.4) is 0 Å². The number of amides is 2. The molecular weight excluding hydrogens is 466 g/mol. The maximum atomic E-state index is 13.6. The monoisotopic (exact) mass is 503 g/mol. The van der Waals surface area contributed by atoms with Crippen LogP contribution in [0.4, 0.5) is 0 Å². The second-order valence-corrected chi connectivity index (χ2v) is 10.7. The van der Waals surface area contributed by atoms with Crippen molar-refractivity contribution in [2.75, 3.05) is 13.1 Å². The van der Waals surface area contributed by atoms with E-state index in [1.165, 1.54) is 0 Å². The van der Waals surface area contributed by atoms with Crippen LogP contribution in [0.15, 0.2) is 54.6 Å². The molecule has 1 atom stereocenters. The fourth-order valence-corrected chi connectivity index (χ4v) is 5.15. The second-order valence-electron chi connectivity index (χ2n) is 10.7. The van der Waals surface area contributed by atoms with E-state index in [-0.39, 0.29) is 36.2 Å². The summed E-state index contributed by atoms with van der Waals surface area (Å²) in [5, 5.41) is 12.0. The molecule has 37 heavy (non-hydrogen) atoms. The van der Waals surface area contributed by atoms with Crippen molar-refractivity contribution in [1.29, 1.82) is 5.26 Å². The minimum atomic E-state index is -0.783. The van der Waals surface area contributed by atoms with E-state index in [2.05, 4.69) is 5.32 Å². The van der Waals surface area contributed by atoms with Crippen LogP contribution in [0, 0.1) is 29.1 Å². The first-order valence-electron chi connectivity index (χ1n) is 12.9. The normalized spacial score (nSPS) is 15.1. The molecule has 1 saturated heterocycles. The van der Waals surface area contributed by atoms with Crippen molar-refractivity contribution in [2.24, 2.45) is 17.8 Å². The predicted octanol–water partition coefficient (Wildman–Crippen LogP) is 4.71. The number of likely N-dealkylation sites (tertiary alicyclic amines) is 1. The second kappa shape index (κ2) is 12.5. The maximum Gasteiger partial charge on any atom is 0.306 e. The Balaban J connectivity index is 1.54. The molecule has 2 aromatic rings. The molecule has 196 valence electrons. The summed E-state index contributed by atoms with van der Waals surface area (Å²) in [4.78, 5) is 40.7. The highest BCUT2D eigenvalue weighted by Crippen LogP contribution is 2.30. The summed E-state index contributed by atoms with van der Waals surface area (Å²) < 4.78 is 5.43. The number of hydrogen-bond acceptors (Lipinski definition) is 5. The molecule has 1 fully saturated rings. The third kappa shape index (κ3) is 7.66. The molecule has 3 rings (SSSR count). The lowest BCUT2D eigenvalue weighted by molar-refractivity contribution is -0.146. The Morgan fingerprint density at radius 1 is 1.05 bits per heavy atom. The number of nitrogens with zero attached hydrogens (tertiary/aromatic N) is 2. The highest BCUT2D eigenvalue weighted by atomic mass is 16.5. The molecule has 0 bridgehead atoms. The van der Waals surface area contributed by atoms with Crippen molar-refractivity contribution in [3.8, 4) is 6.07 Å². The zero-order valence-corrected chi connectivity index (χ0v) is 22.2. The van der Waals surface area contributed by atoms with E-state index in [9.17, 15) is 14.4 Å². The Hall–Kier alpha value is -3.66. The number of ether oxygens (including phenoxy) is 1. The van der Waals surface area contributed by atoms with Crippen molar-refractivity contribution in [3.63, 3.8) is 0 Å². The van der Waals surface area contributed by atoms with Gasteiger partial charge in [-0.15, -0.1) is 0 Å². The van der Waals surface area contributed by atoms with Gasteiger partial charge in [0.15, 0.2) is 0 Å². The summed E-state index contributed by atoms with van der Waals surface area (Å²) >= 11 is 0. The molecule has 1 N–H and O–H groups in total. The predicted molar refractivity (Wildman–Crippen MR) is 141 cm³/mol. The molecule has 1 unspecified atom stereocenters. The third-order valence-corrected chi connectivity index (χ3v) is 7.05. The van der Waals surface area contributed by atoms with Gasteiger partial charge in [0.2, 0.25) is 5.91 Å². The third-order valence-electron chi connectivity index (χ3n) is 7.05. The number of nitriles is 1. The van der Waals surface area contributed by atoms with Gasteiger partial charge in [-0.2, -0.15) is 5.26 Å². The molecule has 2 amide bonds. The number of hydrogen-bond donors (Lipinski definition) is 1. The molecule has 0 aromatic heterocycles. The van der Waals surface area contributed by atoms with Gasteiger partial charge in [0.1, 0.15) is 6.61 Å². The summed E-state index contributed by atoms with van der Waals surface area (Å²) in [5.74, 6) is -0.683.